The number of hydrogen-bond acceptors (Lipinski definition) is 5. The third kappa shape index (κ3) is 3.56. The molecule has 7 nitrogen and oxygen atoms in total. The van der Waals surface area contributed by atoms with Crippen LogP contribution in [0.3, 0.4) is 0 Å². The summed E-state index contributed by atoms with van der Waals surface area (Å²) in [6.07, 6.45) is 6.21. The van der Waals surface area contributed by atoms with Crippen LogP contribution in [0.4, 0.5) is 16.0 Å². The zero-order chi connectivity index (χ0) is 20.6. The van der Waals surface area contributed by atoms with E-state index in [4.69, 9.17) is 4.74 Å². The topological polar surface area (TPSA) is 88.4 Å². The molecule has 0 saturated carbocycles. The highest BCUT2D eigenvalue weighted by Gasteiger charge is 2.38. The highest BCUT2D eigenvalue weighted by molar-refractivity contribution is 9.10. The van der Waals surface area contributed by atoms with Crippen LogP contribution in [-0.4, -0.2) is 26.4 Å². The molecule has 1 aliphatic heterocycles. The molecule has 2 heterocycles. The van der Waals surface area contributed by atoms with E-state index in [2.05, 4.69) is 31.5 Å². The summed E-state index contributed by atoms with van der Waals surface area (Å²) >= 11 is 3.13. The van der Waals surface area contributed by atoms with Gasteiger partial charge in [-0.1, -0.05) is 6.08 Å². The molecule has 0 radical (unpaired) electrons. The molecule has 3 aromatic rings. The third-order valence-corrected chi connectivity index (χ3v) is 5.10. The van der Waals surface area contributed by atoms with Gasteiger partial charge >= 0.3 is 5.97 Å². The van der Waals surface area contributed by atoms with Crippen molar-refractivity contribution in [2.75, 3.05) is 5.32 Å². The Bertz CT molecular complexity index is 1170. The van der Waals surface area contributed by atoms with Crippen molar-refractivity contribution < 1.29 is 19.0 Å². The molecular formula is C20H16BrFN4O3. The van der Waals surface area contributed by atoms with E-state index in [9.17, 15) is 14.3 Å². The van der Waals surface area contributed by atoms with Crippen LogP contribution in [-0.2, 0) is 11.8 Å². The highest BCUT2D eigenvalue weighted by Crippen LogP contribution is 2.28. The number of benzene rings is 2. The van der Waals surface area contributed by atoms with Crippen molar-refractivity contribution in [3.8, 4) is 5.75 Å². The smallest absolute Gasteiger partial charge is 0.374 e. The number of carbonyl (C=O) groups is 1. The Kier molecular flexibility index (Phi) is 4.75. The molecule has 1 aromatic heterocycles. The van der Waals surface area contributed by atoms with Crippen molar-refractivity contribution in [3.05, 3.63) is 71.1 Å². The number of carboxylic acid groups (broad SMARTS) is 1. The number of rotatable bonds is 5. The number of aromatic nitrogens is 2. The average Bonchev–Trinajstić information content (AvgIpc) is 3.00. The molecule has 1 aliphatic rings. The summed E-state index contributed by atoms with van der Waals surface area (Å²) in [4.78, 5) is 16.2. The monoisotopic (exact) mass is 458 g/mol. The second kappa shape index (κ2) is 7.25. The fourth-order valence-electron chi connectivity index (χ4n) is 2.95. The molecule has 1 atom stereocenters. The lowest BCUT2D eigenvalue weighted by atomic mass is 10.1. The standard InChI is InChI=1S/C20H16BrFN4O3/c1-26-17-7-5-13(29-20(18(27)28)8-2-3-9-23-20)11-16(17)25-19(26)24-12-4-6-14(21)15(22)10-12/h2-11,23H,1H3,(H,24,25)(H,27,28). The molecule has 3 N–H and O–H groups in total. The predicted molar refractivity (Wildman–Crippen MR) is 111 cm³/mol. The predicted octanol–water partition coefficient (Wildman–Crippen LogP) is 4.05. The number of dihydropyridines is 1. The van der Waals surface area contributed by atoms with Crippen molar-refractivity contribution in [2.24, 2.45) is 7.05 Å². The van der Waals surface area contributed by atoms with E-state index in [1.165, 1.54) is 18.3 Å². The van der Waals surface area contributed by atoms with Crippen LogP contribution in [0.15, 0.2) is 65.3 Å². The normalized spacial score (nSPS) is 17.9. The lowest BCUT2D eigenvalue weighted by molar-refractivity contribution is -0.152. The summed E-state index contributed by atoms with van der Waals surface area (Å²) < 4.78 is 21.7. The summed E-state index contributed by atoms with van der Waals surface area (Å²) in [5.74, 6) is -0.707. The van der Waals surface area contributed by atoms with E-state index in [1.54, 1.807) is 42.5 Å². The van der Waals surface area contributed by atoms with Crippen molar-refractivity contribution in [1.29, 1.82) is 0 Å². The molecule has 4 rings (SSSR count). The number of nitrogens with one attached hydrogen (secondary N) is 2. The van der Waals surface area contributed by atoms with Crippen molar-refractivity contribution >= 4 is 44.6 Å². The van der Waals surface area contributed by atoms with Gasteiger partial charge in [0.05, 0.1) is 15.5 Å². The number of imidazole rings is 1. The summed E-state index contributed by atoms with van der Waals surface area (Å²) in [5.41, 5.74) is 0.260. The molecule has 0 bridgehead atoms. The number of aryl methyl sites for hydroxylation is 1. The van der Waals surface area contributed by atoms with E-state index < -0.39 is 11.7 Å². The summed E-state index contributed by atoms with van der Waals surface area (Å²) in [5, 5.41) is 15.4. The Morgan fingerprint density at radius 1 is 1.31 bits per heavy atom. The Balaban J connectivity index is 1.64. The molecule has 9 heteroatoms. The van der Waals surface area contributed by atoms with Crippen LogP contribution in [0.25, 0.3) is 11.0 Å². The minimum absolute atomic E-state index is 0.340. The van der Waals surface area contributed by atoms with Gasteiger partial charge in [-0.3, -0.25) is 0 Å². The van der Waals surface area contributed by atoms with Gasteiger partial charge in [-0.25, -0.2) is 14.2 Å². The molecule has 0 fully saturated rings. The van der Waals surface area contributed by atoms with Crippen LogP contribution < -0.4 is 15.4 Å². The number of anilines is 2. The zero-order valence-corrected chi connectivity index (χ0v) is 16.8. The van der Waals surface area contributed by atoms with Crippen LogP contribution in [0, 0.1) is 5.82 Å². The van der Waals surface area contributed by atoms with Crippen molar-refractivity contribution in [2.45, 2.75) is 5.72 Å². The van der Waals surface area contributed by atoms with Gasteiger partial charge in [0.2, 0.25) is 5.95 Å². The number of ether oxygens (including phenoxy) is 1. The first-order valence-corrected chi connectivity index (χ1v) is 9.40. The maximum atomic E-state index is 13.8. The Hall–Kier alpha value is -3.33. The van der Waals surface area contributed by atoms with E-state index in [0.717, 1.165) is 5.52 Å². The molecular weight excluding hydrogens is 443 g/mol. The Labute approximate surface area is 173 Å². The van der Waals surface area contributed by atoms with Gasteiger partial charge in [0.15, 0.2) is 0 Å². The number of carboxylic acids is 1. The van der Waals surface area contributed by atoms with Crippen LogP contribution in [0.5, 0.6) is 5.75 Å². The van der Waals surface area contributed by atoms with Gasteiger partial charge in [-0.05, 0) is 58.4 Å². The number of nitrogens with zero attached hydrogens (tertiary/aromatic N) is 2. The van der Waals surface area contributed by atoms with Crippen LogP contribution >= 0.6 is 15.9 Å². The van der Waals surface area contributed by atoms with Gasteiger partial charge in [0.25, 0.3) is 5.72 Å². The third-order valence-electron chi connectivity index (χ3n) is 4.46. The number of hydrogen-bond donors (Lipinski definition) is 3. The first-order valence-electron chi connectivity index (χ1n) is 8.61. The number of fused-ring (bicyclic) bond motifs is 1. The number of allylic oxidation sites excluding steroid dienone is 2. The highest BCUT2D eigenvalue weighted by atomic mass is 79.9. The number of aliphatic carboxylic acids is 1. The molecule has 0 saturated heterocycles. The van der Waals surface area contributed by atoms with Gasteiger partial charge in [0, 0.05) is 25.0 Å². The molecule has 2 aromatic carbocycles. The van der Waals surface area contributed by atoms with Crippen LogP contribution in [0.1, 0.15) is 0 Å². The van der Waals surface area contributed by atoms with E-state index in [0.29, 0.717) is 27.4 Å². The lowest BCUT2D eigenvalue weighted by Crippen LogP contribution is -2.53. The molecule has 0 aliphatic carbocycles. The fraction of sp³-hybridized carbons (Fsp3) is 0.100. The van der Waals surface area contributed by atoms with E-state index in [1.807, 2.05) is 11.6 Å². The maximum Gasteiger partial charge on any atom is 0.374 e. The minimum atomic E-state index is -1.69. The van der Waals surface area contributed by atoms with E-state index in [-0.39, 0.29) is 5.82 Å². The van der Waals surface area contributed by atoms with Gasteiger partial charge in [-0.2, -0.15) is 0 Å². The van der Waals surface area contributed by atoms with Gasteiger partial charge in [0.1, 0.15) is 11.6 Å². The van der Waals surface area contributed by atoms with Gasteiger partial charge in [-0.15, -0.1) is 0 Å². The lowest BCUT2D eigenvalue weighted by Gasteiger charge is -2.28. The first-order chi connectivity index (χ1) is 13.9. The first kappa shape index (κ1) is 19.0. The van der Waals surface area contributed by atoms with Crippen molar-refractivity contribution in [3.63, 3.8) is 0 Å². The summed E-state index contributed by atoms with van der Waals surface area (Å²) in [7, 11) is 1.82. The fourth-order valence-corrected chi connectivity index (χ4v) is 3.20. The Morgan fingerprint density at radius 2 is 2.14 bits per heavy atom. The molecule has 1 unspecified atom stereocenters. The molecule has 29 heavy (non-hydrogen) atoms. The van der Waals surface area contributed by atoms with Crippen molar-refractivity contribution in [1.82, 2.24) is 14.9 Å². The van der Waals surface area contributed by atoms with E-state index >= 15 is 0 Å². The quantitative estimate of drug-likeness (QED) is 0.534. The zero-order valence-electron chi connectivity index (χ0n) is 15.2. The molecule has 0 spiro atoms. The summed E-state index contributed by atoms with van der Waals surface area (Å²) in [6, 6.07) is 9.81. The van der Waals surface area contributed by atoms with Gasteiger partial charge < -0.3 is 25.0 Å². The van der Waals surface area contributed by atoms with Crippen LogP contribution in [0.2, 0.25) is 0 Å². The SMILES string of the molecule is Cn1c(Nc2ccc(Br)c(F)c2)nc2cc(OC3(C(=O)O)C=CC=CN3)ccc21. The molecule has 148 valence electrons. The molecule has 0 amide bonds. The largest absolute Gasteiger partial charge is 0.477 e. The minimum Gasteiger partial charge on any atom is -0.477 e. The summed E-state index contributed by atoms with van der Waals surface area (Å²) in [6.45, 7) is 0. The maximum absolute atomic E-state index is 13.8. The number of halogens is 2. The average molecular weight is 459 g/mol. The Morgan fingerprint density at radius 3 is 2.83 bits per heavy atom. The second-order valence-electron chi connectivity index (χ2n) is 6.40. The second-order valence-corrected chi connectivity index (χ2v) is 7.26.